The molecule has 2 aliphatic carbocycles. The van der Waals surface area contributed by atoms with Crippen LogP contribution >= 0.6 is 0 Å². The van der Waals surface area contributed by atoms with Crippen molar-refractivity contribution >= 4 is 13.3 Å². The standard InChI is InChI=1S/C13H15Si.C8H11.Pt/c1-14(2,13-10-6-7-11-13)12-8-4-3-5-9-12;1-6-4-5-7(2)8(6)3;/h3-11H,1-2H3;4-5H,1-3H3;/q;;+2. The molecule has 0 fully saturated rings. The Balaban J connectivity index is 2.04. The third kappa shape index (κ3) is 2.73. The zero-order chi connectivity index (χ0) is 16.7. The summed E-state index contributed by atoms with van der Waals surface area (Å²) in [5, 5.41) is 1.57. The first-order valence-corrected chi connectivity index (χ1v) is 13.5. The van der Waals surface area contributed by atoms with Crippen LogP contribution in [0.15, 0.2) is 77.9 Å². The fourth-order valence-corrected chi connectivity index (χ4v) is 14.5. The Morgan fingerprint density at radius 2 is 1.52 bits per heavy atom. The second kappa shape index (κ2) is 5.86. The molecule has 1 unspecified atom stereocenters. The maximum absolute atomic E-state index is 2.55. The van der Waals surface area contributed by atoms with Gasteiger partial charge in [0.2, 0.25) is 0 Å². The van der Waals surface area contributed by atoms with E-state index in [9.17, 15) is 0 Å². The van der Waals surface area contributed by atoms with Gasteiger partial charge in [0.05, 0.1) is 0 Å². The predicted molar refractivity (Wildman–Crippen MR) is 100 cm³/mol. The van der Waals surface area contributed by atoms with Crippen LogP contribution in [0.3, 0.4) is 0 Å². The second-order valence-electron chi connectivity index (χ2n) is 7.16. The maximum atomic E-state index is 2.55. The summed E-state index contributed by atoms with van der Waals surface area (Å²) in [6, 6.07) is 11.2. The molecule has 1 aromatic rings. The van der Waals surface area contributed by atoms with E-state index in [4.69, 9.17) is 0 Å². The normalized spacial score (nSPS) is 25.8. The van der Waals surface area contributed by atoms with E-state index >= 15 is 0 Å². The first kappa shape index (κ1) is 16.9. The molecule has 0 saturated heterocycles. The Bertz CT molecular complexity index is 709. The van der Waals surface area contributed by atoms with Crippen LogP contribution in [0.4, 0.5) is 0 Å². The Labute approximate surface area is 150 Å². The zero-order valence-electron chi connectivity index (χ0n) is 14.7. The molecule has 2 aliphatic rings. The van der Waals surface area contributed by atoms with Crippen LogP contribution in [0.1, 0.15) is 20.8 Å². The molecule has 1 atom stereocenters. The van der Waals surface area contributed by atoms with Crippen molar-refractivity contribution in [3.05, 3.63) is 77.9 Å². The van der Waals surface area contributed by atoms with Crippen molar-refractivity contribution in [2.45, 2.75) is 41.1 Å². The molecule has 0 aliphatic heterocycles. The van der Waals surface area contributed by atoms with Crippen molar-refractivity contribution in [2.75, 3.05) is 0 Å². The minimum atomic E-state index is -1.64. The van der Waals surface area contributed by atoms with Gasteiger partial charge < -0.3 is 0 Å². The van der Waals surface area contributed by atoms with Gasteiger partial charge in [-0.15, -0.1) is 0 Å². The van der Waals surface area contributed by atoms with E-state index in [-0.39, 0.29) is 22.4 Å². The Morgan fingerprint density at radius 3 is 2.04 bits per heavy atom. The first-order chi connectivity index (χ1) is 10.8. The molecule has 1 aromatic carbocycles. The molecule has 0 saturated carbocycles. The van der Waals surface area contributed by atoms with Crippen molar-refractivity contribution < 1.29 is 18.6 Å². The van der Waals surface area contributed by atoms with E-state index in [1.165, 1.54) is 5.57 Å². The van der Waals surface area contributed by atoms with E-state index in [0.717, 1.165) is 0 Å². The van der Waals surface area contributed by atoms with Gasteiger partial charge in [0, 0.05) is 0 Å². The average molecular weight is 502 g/mol. The summed E-state index contributed by atoms with van der Waals surface area (Å²) in [7, 11) is -1.64. The van der Waals surface area contributed by atoms with Crippen molar-refractivity contribution in [1.82, 2.24) is 0 Å². The molecular weight excluding hydrogens is 475 g/mol. The molecule has 122 valence electrons. The first-order valence-electron chi connectivity index (χ1n) is 8.21. The molecule has 0 bridgehead atoms. The van der Waals surface area contributed by atoms with Crippen molar-refractivity contribution in [3.8, 4) is 0 Å². The van der Waals surface area contributed by atoms with Crippen molar-refractivity contribution in [2.24, 2.45) is 0 Å². The quantitative estimate of drug-likeness (QED) is 0.472. The zero-order valence-corrected chi connectivity index (χ0v) is 17.9. The van der Waals surface area contributed by atoms with E-state index in [0.29, 0.717) is 3.43 Å². The number of hydrogen-bond acceptors (Lipinski definition) is 0. The average Bonchev–Trinajstić information content (AvgIpc) is 3.11. The summed E-state index contributed by atoms with van der Waals surface area (Å²) >= 11 is -0.105. The molecule has 0 spiro atoms. The van der Waals surface area contributed by atoms with Gasteiger partial charge in [0.1, 0.15) is 0 Å². The summed E-state index contributed by atoms with van der Waals surface area (Å²) < 4.78 is 0.571. The number of allylic oxidation sites excluding steroid dienone is 8. The van der Waals surface area contributed by atoms with E-state index < -0.39 is 8.07 Å². The third-order valence-corrected chi connectivity index (χ3v) is 18.4. The summed E-state index contributed by atoms with van der Waals surface area (Å²) in [4.78, 5) is 0. The van der Waals surface area contributed by atoms with Crippen LogP contribution in [0.5, 0.6) is 0 Å². The van der Waals surface area contributed by atoms with E-state index in [1.807, 2.05) is 0 Å². The van der Waals surface area contributed by atoms with Crippen LogP contribution < -0.4 is 5.19 Å². The fraction of sp³-hybridized carbons (Fsp3) is 0.333. The van der Waals surface area contributed by atoms with Gasteiger partial charge in [0.15, 0.2) is 0 Å². The molecule has 0 nitrogen and oxygen atoms in total. The van der Waals surface area contributed by atoms with Gasteiger partial charge >= 0.3 is 151 Å². The molecule has 0 amide bonds. The monoisotopic (exact) mass is 501 g/mol. The molecule has 3 rings (SSSR count). The Hall–Kier alpha value is -0.915. The minimum absolute atomic E-state index is 0.105. The van der Waals surface area contributed by atoms with Gasteiger partial charge in [-0.3, -0.25) is 0 Å². The Morgan fingerprint density at radius 1 is 0.913 bits per heavy atom. The van der Waals surface area contributed by atoms with Gasteiger partial charge in [-0.1, -0.05) is 0 Å². The van der Waals surface area contributed by atoms with E-state index in [2.05, 4.69) is 101 Å². The molecule has 23 heavy (non-hydrogen) atoms. The molecule has 0 N–H and O–H groups in total. The van der Waals surface area contributed by atoms with Gasteiger partial charge in [0.25, 0.3) is 0 Å². The number of benzene rings is 1. The third-order valence-electron chi connectivity index (χ3n) is 5.42. The summed E-state index contributed by atoms with van der Waals surface area (Å²) in [6.07, 6.45) is 14.4. The van der Waals surface area contributed by atoms with E-state index in [1.54, 1.807) is 10.8 Å². The Kier molecular flexibility index (Phi) is 4.32. The van der Waals surface area contributed by atoms with Crippen LogP contribution in [-0.2, 0) is 18.6 Å². The van der Waals surface area contributed by atoms with Gasteiger partial charge in [-0.05, 0) is 0 Å². The SMILES string of the molecule is CC1=C(C)[C](C)([Pt+2][C]2([Si](C)(C)c3ccccc3)C=CC=C2)C=C1. The topological polar surface area (TPSA) is 0 Å². The molecule has 0 aromatic heterocycles. The number of rotatable bonds is 4. The van der Waals surface area contributed by atoms with Crippen LogP contribution in [-0.4, -0.2) is 8.07 Å². The molecular formula is C21H26PtSi+2. The summed E-state index contributed by atoms with van der Waals surface area (Å²) in [6.45, 7) is 12.2. The van der Waals surface area contributed by atoms with Gasteiger partial charge in [-0.25, -0.2) is 0 Å². The van der Waals surface area contributed by atoms with Crippen molar-refractivity contribution in [1.29, 1.82) is 0 Å². The van der Waals surface area contributed by atoms with Crippen LogP contribution in [0.2, 0.25) is 20.3 Å². The molecule has 0 heterocycles. The van der Waals surface area contributed by atoms with Crippen LogP contribution in [0, 0.1) is 0 Å². The fourth-order valence-electron chi connectivity index (χ4n) is 3.33. The predicted octanol–water partition coefficient (Wildman–Crippen LogP) is 5.59. The second-order valence-corrected chi connectivity index (χ2v) is 17.7. The van der Waals surface area contributed by atoms with Crippen molar-refractivity contribution in [3.63, 3.8) is 0 Å². The number of hydrogen-bond donors (Lipinski definition) is 0. The molecule has 0 radical (unpaired) electrons. The van der Waals surface area contributed by atoms with Crippen LogP contribution in [0.25, 0.3) is 0 Å². The summed E-state index contributed by atoms with van der Waals surface area (Å²) in [5.41, 5.74) is 3.05. The molecule has 2 heteroatoms. The summed E-state index contributed by atoms with van der Waals surface area (Å²) in [5.74, 6) is 0. The van der Waals surface area contributed by atoms with Gasteiger partial charge in [-0.2, -0.15) is 0 Å².